The highest BCUT2D eigenvalue weighted by molar-refractivity contribution is 6.44. The van der Waals surface area contributed by atoms with Gasteiger partial charge in [-0.15, -0.1) is 0 Å². The van der Waals surface area contributed by atoms with E-state index >= 15 is 0 Å². The number of halogens is 9. The highest BCUT2D eigenvalue weighted by atomic mass is 19.4. The summed E-state index contributed by atoms with van der Waals surface area (Å²) in [6, 6.07) is 8.25. The number of aromatic amines is 3. The van der Waals surface area contributed by atoms with Crippen molar-refractivity contribution in [3.8, 4) is 0 Å². The molecule has 0 saturated heterocycles. The van der Waals surface area contributed by atoms with Crippen LogP contribution in [0.25, 0.3) is 16.7 Å². The topological polar surface area (TPSA) is 151 Å². The molecule has 3 N–H and O–H groups in total. The summed E-state index contributed by atoms with van der Waals surface area (Å²) >= 11 is 0. The van der Waals surface area contributed by atoms with E-state index in [2.05, 4.69) is 39.1 Å². The molecule has 0 amide bonds. The average Bonchev–Trinajstić information content (AvgIpc) is 3.93. The maximum Gasteiger partial charge on any atom is 0.422 e. The molecular weight excluding hydrogens is 757 g/mol. The van der Waals surface area contributed by atoms with Crippen LogP contribution >= 0.6 is 0 Å². The van der Waals surface area contributed by atoms with Gasteiger partial charge in [-0.3, -0.25) is 4.99 Å². The van der Waals surface area contributed by atoms with Crippen LogP contribution in [0, 0.1) is 0 Å². The van der Waals surface area contributed by atoms with E-state index in [-0.39, 0.29) is 33.5 Å². The summed E-state index contributed by atoms with van der Waals surface area (Å²) in [7, 11) is 0. The van der Waals surface area contributed by atoms with Crippen molar-refractivity contribution in [2.45, 2.75) is 32.4 Å². The highest BCUT2D eigenvalue weighted by Gasteiger charge is 2.34. The Hall–Kier alpha value is -6.34. The summed E-state index contributed by atoms with van der Waals surface area (Å²) in [6.45, 7) is -2.64. The minimum Gasteiger partial charge on any atom is -0.452 e. The number of ether oxygens (including phenoxy) is 3. The number of H-pyrrole nitrogens is 3. The van der Waals surface area contributed by atoms with Crippen LogP contribution < -0.4 is 10.7 Å². The fourth-order valence-corrected chi connectivity index (χ4v) is 4.61. The average molecular weight is 786 g/mol. The standard InChI is InChI=1S/C31H23F9N4O6.C4H5N/c1-15(2)16-5-6-19(42-16)24(27(46)49-13-30(35,36)37)20-9-10-22(44-20)25(28(47)50-14-31(38,39)40)21-8-7-18(43-21)23(17-4-3-11-41-17)26(45)48-12-29(32,33)34;1-2-4-5-3-1/h3-11,43-44H,12-14H2,1-2H3;1-5H/b23-17+,24-20?,25-22+;. The van der Waals surface area contributed by atoms with E-state index in [1.807, 2.05) is 24.5 Å². The van der Waals surface area contributed by atoms with E-state index in [1.54, 1.807) is 13.8 Å². The molecule has 0 atom stereocenters. The van der Waals surface area contributed by atoms with Crippen molar-refractivity contribution in [2.75, 3.05) is 19.8 Å². The lowest BCUT2D eigenvalue weighted by molar-refractivity contribution is -0.182. The van der Waals surface area contributed by atoms with Crippen molar-refractivity contribution < 1.29 is 68.1 Å². The number of alkyl halides is 9. The van der Waals surface area contributed by atoms with Gasteiger partial charge >= 0.3 is 36.4 Å². The first-order valence-corrected chi connectivity index (χ1v) is 15.5. The third-order valence-electron chi connectivity index (χ3n) is 6.88. The third-order valence-corrected chi connectivity index (χ3v) is 6.88. The minimum absolute atomic E-state index is 0.149. The van der Waals surface area contributed by atoms with Crippen molar-refractivity contribution in [3.05, 3.63) is 112 Å². The molecule has 0 bridgehead atoms. The van der Waals surface area contributed by atoms with Crippen LogP contribution in [0.2, 0.25) is 0 Å². The number of hydrogen-bond donors (Lipinski definition) is 3. The van der Waals surface area contributed by atoms with Crippen molar-refractivity contribution in [3.63, 3.8) is 0 Å². The maximum absolute atomic E-state index is 13.1. The zero-order valence-electron chi connectivity index (χ0n) is 28.4. The Morgan fingerprint density at radius 3 is 1.55 bits per heavy atom. The predicted molar refractivity (Wildman–Crippen MR) is 178 cm³/mol. The van der Waals surface area contributed by atoms with Gasteiger partial charge in [0.2, 0.25) is 0 Å². The molecular formula is C35H28F9N5O6. The number of hydrogen-bond acceptors (Lipinski definition) is 8. The van der Waals surface area contributed by atoms with E-state index < -0.39 is 73.0 Å². The molecule has 0 aromatic carbocycles. The zero-order valence-corrected chi connectivity index (χ0v) is 28.4. The van der Waals surface area contributed by atoms with Crippen LogP contribution in [0.3, 0.4) is 0 Å². The lowest BCUT2D eigenvalue weighted by Gasteiger charge is -2.11. The molecule has 3 aromatic heterocycles. The molecule has 2 aliphatic heterocycles. The Bertz CT molecular complexity index is 2180. The molecule has 11 nitrogen and oxygen atoms in total. The van der Waals surface area contributed by atoms with Crippen molar-refractivity contribution in [1.82, 2.24) is 15.0 Å². The van der Waals surface area contributed by atoms with Crippen LogP contribution in [0.15, 0.2) is 100 Å². The molecule has 0 unspecified atom stereocenters. The summed E-state index contributed by atoms with van der Waals surface area (Å²) in [6.07, 6.45) is -4.44. The second-order valence-electron chi connectivity index (χ2n) is 11.4. The number of rotatable bonds is 9. The molecule has 292 valence electrons. The molecule has 0 radical (unpaired) electrons. The van der Waals surface area contributed by atoms with Crippen LogP contribution in [-0.2, 0) is 28.6 Å². The number of nitrogens with one attached hydrogen (secondary N) is 3. The first-order chi connectivity index (χ1) is 25.7. The van der Waals surface area contributed by atoms with Gasteiger partial charge in [-0.1, -0.05) is 5.57 Å². The fraction of sp³-hybridized carbons (Fsp3) is 0.229. The van der Waals surface area contributed by atoms with E-state index in [0.29, 0.717) is 11.3 Å². The van der Waals surface area contributed by atoms with Gasteiger partial charge in [-0.2, -0.15) is 39.5 Å². The van der Waals surface area contributed by atoms with Crippen molar-refractivity contribution >= 4 is 46.6 Å². The molecule has 3 aromatic rings. The second-order valence-corrected chi connectivity index (χ2v) is 11.4. The van der Waals surface area contributed by atoms with Crippen LogP contribution in [-0.4, -0.2) is 83.1 Å². The van der Waals surface area contributed by atoms with Gasteiger partial charge < -0.3 is 29.2 Å². The molecule has 20 heteroatoms. The first kappa shape index (κ1) is 41.4. The van der Waals surface area contributed by atoms with Crippen LogP contribution in [0.1, 0.15) is 25.2 Å². The van der Waals surface area contributed by atoms with Gasteiger partial charge in [0.05, 0.1) is 39.2 Å². The third kappa shape index (κ3) is 12.1. The Morgan fingerprint density at radius 1 is 0.618 bits per heavy atom. The fourth-order valence-electron chi connectivity index (χ4n) is 4.61. The Kier molecular flexibility index (Phi) is 13.0. The SMILES string of the molecule is CC(C)=C1C=CC(C(C(=O)OCC(F)(F)F)=c2cc/c(=C(\C(=O)OCC(F)(F)F)c3ccc(/C(C(=O)OCC(F)(F)F)=C4/C=CC=N4)[nH]3)[nH]2)=N1.c1cc[nH]c1. The number of nitrogens with zero attached hydrogens (tertiary/aromatic N) is 2. The van der Waals surface area contributed by atoms with E-state index in [4.69, 9.17) is 0 Å². The van der Waals surface area contributed by atoms with E-state index in [1.165, 1.54) is 30.5 Å². The Morgan fingerprint density at radius 2 is 1.11 bits per heavy atom. The summed E-state index contributed by atoms with van der Waals surface area (Å²) in [5.74, 6) is -4.59. The van der Waals surface area contributed by atoms with Gasteiger partial charge in [0.15, 0.2) is 19.8 Å². The summed E-state index contributed by atoms with van der Waals surface area (Å²) in [4.78, 5) is 55.0. The Balaban J connectivity index is 0.00000124. The number of carbonyl (C=O) groups excluding carboxylic acids is 3. The van der Waals surface area contributed by atoms with Crippen molar-refractivity contribution in [2.24, 2.45) is 9.98 Å². The second kappa shape index (κ2) is 17.2. The molecule has 0 fully saturated rings. The van der Waals surface area contributed by atoms with Gasteiger partial charge in [0.1, 0.15) is 16.7 Å². The molecule has 5 heterocycles. The molecule has 0 aliphatic carbocycles. The quantitative estimate of drug-likeness (QED) is 0.110. The zero-order chi connectivity index (χ0) is 40.6. The van der Waals surface area contributed by atoms with E-state index in [0.717, 1.165) is 24.3 Å². The molecule has 2 aliphatic rings. The summed E-state index contributed by atoms with van der Waals surface area (Å²) in [5, 5.41) is -0.623. The summed E-state index contributed by atoms with van der Waals surface area (Å²) < 4.78 is 129. The van der Waals surface area contributed by atoms with Gasteiger partial charge in [0.25, 0.3) is 0 Å². The van der Waals surface area contributed by atoms with Gasteiger partial charge in [-0.25, -0.2) is 19.4 Å². The lowest BCUT2D eigenvalue weighted by atomic mass is 10.1. The monoisotopic (exact) mass is 785 g/mol. The normalized spacial score (nSPS) is 15.9. The smallest absolute Gasteiger partial charge is 0.422 e. The van der Waals surface area contributed by atoms with Crippen LogP contribution in [0.5, 0.6) is 0 Å². The largest absolute Gasteiger partial charge is 0.452 e. The number of aromatic nitrogens is 3. The lowest BCUT2D eigenvalue weighted by Crippen LogP contribution is -2.29. The molecule has 5 rings (SSSR count). The summed E-state index contributed by atoms with van der Waals surface area (Å²) in [5.41, 5.74) is -1.64. The highest BCUT2D eigenvalue weighted by Crippen LogP contribution is 2.27. The number of esters is 3. The minimum atomic E-state index is -4.98. The van der Waals surface area contributed by atoms with E-state index in [9.17, 15) is 53.9 Å². The van der Waals surface area contributed by atoms with Gasteiger partial charge in [-0.05, 0) is 74.5 Å². The first-order valence-electron chi connectivity index (χ1n) is 15.5. The molecule has 55 heavy (non-hydrogen) atoms. The van der Waals surface area contributed by atoms with Crippen LogP contribution in [0.4, 0.5) is 39.5 Å². The van der Waals surface area contributed by atoms with Crippen molar-refractivity contribution in [1.29, 1.82) is 0 Å². The number of carbonyl (C=O) groups is 3. The predicted octanol–water partition coefficient (Wildman–Crippen LogP) is 5.68. The number of allylic oxidation sites excluding steroid dienone is 5. The number of aliphatic imine (C=N–C) groups is 2. The molecule has 0 saturated carbocycles. The maximum atomic E-state index is 13.1. The Labute approximate surface area is 304 Å². The molecule has 0 spiro atoms. The van der Waals surface area contributed by atoms with Gasteiger partial charge in [0, 0.05) is 18.6 Å².